The summed E-state index contributed by atoms with van der Waals surface area (Å²) in [5.41, 5.74) is 1.08. The summed E-state index contributed by atoms with van der Waals surface area (Å²) in [5, 5.41) is 6.92. The van der Waals surface area contributed by atoms with Gasteiger partial charge in [0.05, 0.1) is 19.3 Å². The molecule has 1 saturated heterocycles. The second kappa shape index (κ2) is 11.7. The Hall–Kier alpha value is -2.35. The van der Waals surface area contributed by atoms with Crippen LogP contribution in [0.5, 0.6) is 5.75 Å². The minimum Gasteiger partial charge on any atom is -0.489 e. The SMILES string of the molecule is C=CCOc1ccccc1CNC(=NC)NCC(c1ccc(C)s1)N1CCOCC1. The van der Waals surface area contributed by atoms with Gasteiger partial charge in [0.15, 0.2) is 5.96 Å². The molecule has 0 spiro atoms. The predicted molar refractivity (Wildman–Crippen MR) is 125 cm³/mol. The molecular weight excluding hydrogens is 396 g/mol. The van der Waals surface area contributed by atoms with Crippen LogP contribution in [0.4, 0.5) is 0 Å². The Morgan fingerprint density at radius 1 is 1.27 bits per heavy atom. The van der Waals surface area contributed by atoms with E-state index in [-0.39, 0.29) is 0 Å². The number of benzene rings is 1. The molecule has 3 rings (SSSR count). The predicted octanol–water partition coefficient (Wildman–Crippen LogP) is 3.36. The van der Waals surface area contributed by atoms with E-state index in [9.17, 15) is 0 Å². The summed E-state index contributed by atoms with van der Waals surface area (Å²) >= 11 is 1.86. The summed E-state index contributed by atoms with van der Waals surface area (Å²) in [5.74, 6) is 1.64. The first kappa shape index (κ1) is 22.3. The summed E-state index contributed by atoms with van der Waals surface area (Å²) < 4.78 is 11.3. The first-order chi connectivity index (χ1) is 14.7. The van der Waals surface area contributed by atoms with Gasteiger partial charge in [-0.3, -0.25) is 9.89 Å². The minimum absolute atomic E-state index is 0.300. The molecule has 1 aromatic heterocycles. The minimum atomic E-state index is 0.300. The van der Waals surface area contributed by atoms with Gasteiger partial charge in [0.2, 0.25) is 0 Å². The van der Waals surface area contributed by atoms with E-state index in [0.29, 0.717) is 19.2 Å². The van der Waals surface area contributed by atoms with Gasteiger partial charge in [-0.1, -0.05) is 30.9 Å². The number of nitrogens with one attached hydrogen (secondary N) is 2. The lowest BCUT2D eigenvalue weighted by Gasteiger charge is -2.34. The number of hydrogen-bond donors (Lipinski definition) is 2. The molecule has 7 heteroatoms. The van der Waals surface area contributed by atoms with Crippen molar-refractivity contribution >= 4 is 17.3 Å². The van der Waals surface area contributed by atoms with Gasteiger partial charge < -0.3 is 20.1 Å². The standard InChI is InChI=1S/C23H32N4O2S/c1-4-13-29-21-8-6-5-7-19(21)16-25-23(24-3)26-17-20(22-10-9-18(2)30-22)27-11-14-28-15-12-27/h4-10,20H,1,11-17H2,2-3H3,(H2,24,25,26). The molecule has 0 saturated carbocycles. The van der Waals surface area contributed by atoms with E-state index >= 15 is 0 Å². The zero-order chi connectivity index (χ0) is 21.2. The molecule has 1 unspecified atom stereocenters. The van der Waals surface area contributed by atoms with Crippen molar-refractivity contribution in [3.8, 4) is 5.75 Å². The molecule has 162 valence electrons. The zero-order valence-corrected chi connectivity index (χ0v) is 18.7. The van der Waals surface area contributed by atoms with Crippen LogP contribution in [0.1, 0.15) is 21.4 Å². The molecule has 0 bridgehead atoms. The van der Waals surface area contributed by atoms with Gasteiger partial charge >= 0.3 is 0 Å². The van der Waals surface area contributed by atoms with Crippen LogP contribution in [0.25, 0.3) is 0 Å². The van der Waals surface area contributed by atoms with Gasteiger partial charge in [0.25, 0.3) is 0 Å². The fourth-order valence-electron chi connectivity index (χ4n) is 3.46. The number of morpholine rings is 1. The van der Waals surface area contributed by atoms with Crippen molar-refractivity contribution in [2.24, 2.45) is 4.99 Å². The highest BCUT2D eigenvalue weighted by atomic mass is 32.1. The Bertz CT molecular complexity index is 830. The maximum absolute atomic E-state index is 5.75. The number of aryl methyl sites for hydroxylation is 1. The van der Waals surface area contributed by atoms with Crippen molar-refractivity contribution in [2.45, 2.75) is 19.5 Å². The van der Waals surface area contributed by atoms with Gasteiger partial charge in [-0.15, -0.1) is 11.3 Å². The lowest BCUT2D eigenvalue weighted by atomic mass is 10.2. The smallest absolute Gasteiger partial charge is 0.191 e. The first-order valence-electron chi connectivity index (χ1n) is 10.4. The van der Waals surface area contributed by atoms with Crippen molar-refractivity contribution < 1.29 is 9.47 Å². The highest BCUT2D eigenvalue weighted by Gasteiger charge is 2.24. The molecule has 30 heavy (non-hydrogen) atoms. The Balaban J connectivity index is 1.61. The van der Waals surface area contributed by atoms with E-state index in [0.717, 1.165) is 50.1 Å². The number of aliphatic imine (C=N–C) groups is 1. The van der Waals surface area contributed by atoms with Gasteiger partial charge in [0.1, 0.15) is 12.4 Å². The summed E-state index contributed by atoms with van der Waals surface area (Å²) in [6, 6.07) is 12.8. The van der Waals surface area contributed by atoms with Crippen molar-refractivity contribution in [1.82, 2.24) is 15.5 Å². The molecule has 1 aliphatic heterocycles. The van der Waals surface area contributed by atoms with Crippen LogP contribution in [-0.4, -0.2) is 57.4 Å². The van der Waals surface area contributed by atoms with Crippen LogP contribution in [0.2, 0.25) is 0 Å². The van der Waals surface area contributed by atoms with E-state index in [4.69, 9.17) is 9.47 Å². The number of rotatable bonds is 9. The quantitative estimate of drug-likeness (QED) is 0.364. The van der Waals surface area contributed by atoms with Crippen LogP contribution >= 0.6 is 11.3 Å². The molecule has 2 N–H and O–H groups in total. The number of hydrogen-bond acceptors (Lipinski definition) is 5. The van der Waals surface area contributed by atoms with Crippen LogP contribution in [0, 0.1) is 6.92 Å². The lowest BCUT2D eigenvalue weighted by Crippen LogP contribution is -2.46. The average molecular weight is 429 g/mol. The topological polar surface area (TPSA) is 58.1 Å². The van der Waals surface area contributed by atoms with Gasteiger partial charge in [-0.25, -0.2) is 0 Å². The molecule has 6 nitrogen and oxygen atoms in total. The third kappa shape index (κ3) is 6.32. The average Bonchev–Trinajstić information content (AvgIpc) is 3.21. The fourth-order valence-corrected chi connectivity index (χ4v) is 4.48. The molecular formula is C23H32N4O2S. The van der Waals surface area contributed by atoms with E-state index in [1.54, 1.807) is 13.1 Å². The van der Waals surface area contributed by atoms with Gasteiger partial charge in [-0.05, 0) is 25.1 Å². The molecule has 1 aromatic carbocycles. The third-order valence-electron chi connectivity index (χ3n) is 5.04. The fraction of sp³-hybridized carbons (Fsp3) is 0.435. The molecule has 0 aliphatic carbocycles. The van der Waals surface area contributed by atoms with E-state index < -0.39 is 0 Å². The van der Waals surface area contributed by atoms with Crippen molar-refractivity contribution in [2.75, 3.05) is 46.5 Å². The van der Waals surface area contributed by atoms with Crippen LogP contribution in [0.3, 0.4) is 0 Å². The monoisotopic (exact) mass is 428 g/mol. The van der Waals surface area contributed by atoms with Crippen LogP contribution in [-0.2, 0) is 11.3 Å². The molecule has 2 aromatic rings. The third-order valence-corrected chi connectivity index (χ3v) is 6.14. The number of ether oxygens (including phenoxy) is 2. The summed E-state index contributed by atoms with van der Waals surface area (Å²) in [6.45, 7) is 11.3. The normalized spacial score (nSPS) is 16.1. The molecule has 0 radical (unpaired) electrons. The second-order valence-corrected chi connectivity index (χ2v) is 8.45. The number of thiophene rings is 1. The van der Waals surface area contributed by atoms with Gasteiger partial charge in [0, 0.05) is 48.5 Å². The molecule has 0 amide bonds. The first-order valence-corrected chi connectivity index (χ1v) is 11.2. The lowest BCUT2D eigenvalue weighted by molar-refractivity contribution is 0.0177. The van der Waals surface area contributed by atoms with Crippen molar-refractivity contribution in [3.05, 3.63) is 64.4 Å². The Morgan fingerprint density at radius 2 is 2.07 bits per heavy atom. The molecule has 1 fully saturated rings. The Kier molecular flexibility index (Phi) is 8.74. The van der Waals surface area contributed by atoms with Gasteiger partial charge in [-0.2, -0.15) is 0 Å². The maximum atomic E-state index is 5.75. The highest BCUT2D eigenvalue weighted by Crippen LogP contribution is 2.28. The van der Waals surface area contributed by atoms with Crippen molar-refractivity contribution in [1.29, 1.82) is 0 Å². The molecule has 1 aliphatic rings. The van der Waals surface area contributed by atoms with Crippen LogP contribution in [0.15, 0.2) is 54.0 Å². The molecule has 2 heterocycles. The van der Waals surface area contributed by atoms with E-state index in [1.165, 1.54) is 9.75 Å². The molecule has 1 atom stereocenters. The second-order valence-electron chi connectivity index (χ2n) is 7.13. The van der Waals surface area contributed by atoms with E-state index in [2.05, 4.69) is 52.2 Å². The summed E-state index contributed by atoms with van der Waals surface area (Å²) in [4.78, 5) is 9.61. The summed E-state index contributed by atoms with van der Waals surface area (Å²) in [7, 11) is 1.80. The Morgan fingerprint density at radius 3 is 2.77 bits per heavy atom. The Labute approximate surface area is 183 Å². The largest absolute Gasteiger partial charge is 0.489 e. The maximum Gasteiger partial charge on any atom is 0.191 e. The van der Waals surface area contributed by atoms with E-state index in [1.807, 2.05) is 29.5 Å². The zero-order valence-electron chi connectivity index (χ0n) is 17.9. The van der Waals surface area contributed by atoms with Crippen LogP contribution < -0.4 is 15.4 Å². The summed E-state index contributed by atoms with van der Waals surface area (Å²) in [6.07, 6.45) is 1.75. The number of para-hydroxylation sites is 1. The highest BCUT2D eigenvalue weighted by molar-refractivity contribution is 7.12. The van der Waals surface area contributed by atoms with Crippen molar-refractivity contribution in [3.63, 3.8) is 0 Å². The number of nitrogens with zero attached hydrogens (tertiary/aromatic N) is 2. The number of guanidine groups is 1.